The number of allylic oxidation sites excluding steroid dienone is 1. The zero-order valence-corrected chi connectivity index (χ0v) is 19.3. The summed E-state index contributed by atoms with van der Waals surface area (Å²) >= 11 is -2.52. The predicted octanol–water partition coefficient (Wildman–Crippen LogP) is 6.84. The first kappa shape index (κ1) is 21.8. The van der Waals surface area contributed by atoms with Crippen LogP contribution in [0.2, 0.25) is 13.3 Å². The van der Waals surface area contributed by atoms with Crippen molar-refractivity contribution in [2.75, 3.05) is 6.61 Å². The standard InChI is InChI=1S/C10H11O.3C4H9.Sn/c1-9(7-8-11)10-5-3-2-4-6-10;3*1-3-4-2;/h2-6,11H,8H2,1H3;3*1,3-4H2,2H3;. The molecule has 0 aromatic heterocycles. The monoisotopic (exact) mass is 438 g/mol. The average Bonchev–Trinajstić information content (AvgIpc) is 2.63. The molecular weight excluding hydrogens is 399 g/mol. The van der Waals surface area contributed by atoms with Gasteiger partial charge in [-0.2, -0.15) is 0 Å². The fourth-order valence-electron chi connectivity index (χ4n) is 3.92. The topological polar surface area (TPSA) is 20.2 Å². The number of benzene rings is 1. The van der Waals surface area contributed by atoms with Crippen LogP contribution >= 0.6 is 0 Å². The predicted molar refractivity (Wildman–Crippen MR) is 111 cm³/mol. The van der Waals surface area contributed by atoms with Gasteiger partial charge in [0.25, 0.3) is 0 Å². The fourth-order valence-corrected chi connectivity index (χ4v) is 21.1. The van der Waals surface area contributed by atoms with Crippen molar-refractivity contribution in [1.82, 2.24) is 0 Å². The Morgan fingerprint density at radius 2 is 1.29 bits per heavy atom. The molecule has 2 heteroatoms. The third-order valence-electron chi connectivity index (χ3n) is 5.48. The molecule has 1 aromatic rings. The molecule has 0 unspecified atom stereocenters. The molecule has 0 heterocycles. The van der Waals surface area contributed by atoms with Gasteiger partial charge in [-0.3, -0.25) is 0 Å². The molecule has 0 fully saturated rings. The summed E-state index contributed by atoms with van der Waals surface area (Å²) < 4.78 is 5.77. The summed E-state index contributed by atoms with van der Waals surface area (Å²) in [6.45, 7) is 9.47. The minimum absolute atomic E-state index is 0.286. The molecule has 1 nitrogen and oxygen atoms in total. The Morgan fingerprint density at radius 3 is 1.67 bits per heavy atom. The normalized spacial score (nSPS) is 13.0. The van der Waals surface area contributed by atoms with Crippen molar-refractivity contribution in [3.63, 3.8) is 0 Å². The van der Waals surface area contributed by atoms with Gasteiger partial charge in [0.2, 0.25) is 0 Å². The zero-order chi connectivity index (χ0) is 17.8. The van der Waals surface area contributed by atoms with Gasteiger partial charge in [0.1, 0.15) is 0 Å². The molecule has 0 atom stereocenters. The van der Waals surface area contributed by atoms with Crippen LogP contribution in [-0.4, -0.2) is 30.1 Å². The molecule has 0 saturated carbocycles. The molecular formula is C22H38OSn. The molecule has 0 aliphatic heterocycles. The van der Waals surface area contributed by atoms with E-state index in [2.05, 4.69) is 58.0 Å². The number of aliphatic hydroxyl groups excluding tert-OH is 1. The molecule has 1 N–H and O–H groups in total. The van der Waals surface area contributed by atoms with Crippen LogP contribution in [0.3, 0.4) is 0 Å². The van der Waals surface area contributed by atoms with E-state index in [9.17, 15) is 5.11 Å². The van der Waals surface area contributed by atoms with E-state index in [1.807, 2.05) is 0 Å². The fraction of sp³-hybridized carbons (Fsp3) is 0.636. The van der Waals surface area contributed by atoms with Crippen LogP contribution in [-0.2, 0) is 0 Å². The molecule has 0 spiro atoms. The maximum absolute atomic E-state index is 10.4. The van der Waals surface area contributed by atoms with Crippen LogP contribution in [0.15, 0.2) is 33.9 Å². The summed E-state index contributed by atoms with van der Waals surface area (Å²) in [7, 11) is 0. The van der Waals surface area contributed by atoms with E-state index in [0.717, 1.165) is 0 Å². The van der Waals surface area contributed by atoms with E-state index in [1.54, 1.807) is 0 Å². The molecule has 0 aliphatic rings. The zero-order valence-electron chi connectivity index (χ0n) is 16.4. The molecule has 0 bridgehead atoms. The van der Waals surface area contributed by atoms with Crippen LogP contribution in [0.4, 0.5) is 0 Å². The summed E-state index contributed by atoms with van der Waals surface area (Å²) in [6.07, 6.45) is 7.86. The van der Waals surface area contributed by atoms with Crippen LogP contribution in [0.1, 0.15) is 71.8 Å². The number of hydrogen-bond donors (Lipinski definition) is 1. The van der Waals surface area contributed by atoms with Crippen molar-refractivity contribution in [3.05, 3.63) is 39.5 Å². The molecule has 0 saturated heterocycles. The van der Waals surface area contributed by atoms with Crippen LogP contribution < -0.4 is 0 Å². The van der Waals surface area contributed by atoms with Gasteiger partial charge in [0, 0.05) is 0 Å². The molecule has 24 heavy (non-hydrogen) atoms. The van der Waals surface area contributed by atoms with E-state index < -0.39 is 18.4 Å². The van der Waals surface area contributed by atoms with Gasteiger partial charge in [-0.1, -0.05) is 0 Å². The van der Waals surface area contributed by atoms with Crippen LogP contribution in [0.25, 0.3) is 5.57 Å². The van der Waals surface area contributed by atoms with Gasteiger partial charge in [0.05, 0.1) is 0 Å². The number of unbranched alkanes of at least 4 members (excludes halogenated alkanes) is 3. The minimum atomic E-state index is -2.52. The quantitative estimate of drug-likeness (QED) is 0.355. The van der Waals surface area contributed by atoms with Gasteiger partial charge in [0.15, 0.2) is 0 Å². The Balaban J connectivity index is 3.32. The molecule has 136 valence electrons. The second-order valence-electron chi connectivity index (χ2n) is 7.22. The van der Waals surface area contributed by atoms with Crippen molar-refractivity contribution in [1.29, 1.82) is 0 Å². The van der Waals surface area contributed by atoms with Crippen molar-refractivity contribution < 1.29 is 5.11 Å². The van der Waals surface area contributed by atoms with Crippen molar-refractivity contribution in [2.45, 2.75) is 79.5 Å². The third-order valence-corrected chi connectivity index (χ3v) is 21.9. The summed E-state index contributed by atoms with van der Waals surface area (Å²) in [5, 5.41) is 10.4. The van der Waals surface area contributed by atoms with Gasteiger partial charge >= 0.3 is 155 Å². The Hall–Kier alpha value is -0.281. The maximum atomic E-state index is 10.4. The van der Waals surface area contributed by atoms with E-state index in [-0.39, 0.29) is 6.61 Å². The molecule has 0 aliphatic carbocycles. The summed E-state index contributed by atoms with van der Waals surface area (Å²) in [4.78, 5) is 0. The molecule has 1 aromatic carbocycles. The summed E-state index contributed by atoms with van der Waals surface area (Å²) in [6, 6.07) is 10.7. The van der Waals surface area contributed by atoms with Gasteiger partial charge in [-0.05, 0) is 0 Å². The number of rotatable bonds is 12. The molecule has 0 amide bonds. The second-order valence-corrected chi connectivity index (χ2v) is 20.5. The van der Waals surface area contributed by atoms with Crippen molar-refractivity contribution in [2.24, 2.45) is 0 Å². The van der Waals surface area contributed by atoms with E-state index in [4.69, 9.17) is 0 Å². The Bertz CT molecular complexity index is 456. The van der Waals surface area contributed by atoms with Crippen molar-refractivity contribution >= 4 is 24.0 Å². The van der Waals surface area contributed by atoms with E-state index in [0.29, 0.717) is 0 Å². The Kier molecular flexibility index (Phi) is 11.0. The average molecular weight is 437 g/mol. The molecule has 1 rings (SSSR count). The van der Waals surface area contributed by atoms with E-state index in [1.165, 1.54) is 66.6 Å². The van der Waals surface area contributed by atoms with Gasteiger partial charge < -0.3 is 0 Å². The Morgan fingerprint density at radius 1 is 0.833 bits per heavy atom. The summed E-state index contributed by atoms with van der Waals surface area (Å²) in [5.41, 5.74) is 2.70. The summed E-state index contributed by atoms with van der Waals surface area (Å²) in [5.74, 6) is 0. The first-order valence-corrected chi connectivity index (χ1v) is 17.5. The van der Waals surface area contributed by atoms with Gasteiger partial charge in [-0.15, -0.1) is 0 Å². The van der Waals surface area contributed by atoms with Gasteiger partial charge in [-0.25, -0.2) is 0 Å². The first-order valence-electron chi connectivity index (χ1n) is 10.0. The third kappa shape index (κ3) is 6.22. The second kappa shape index (κ2) is 12.1. The number of hydrogen-bond acceptors (Lipinski definition) is 1. The van der Waals surface area contributed by atoms with Crippen LogP contribution in [0, 0.1) is 0 Å². The van der Waals surface area contributed by atoms with E-state index >= 15 is 0 Å². The van der Waals surface area contributed by atoms with Crippen molar-refractivity contribution in [3.8, 4) is 0 Å². The molecule has 0 radical (unpaired) electrons. The Labute approximate surface area is 154 Å². The SMILES string of the molecule is CCC[CH2][Sn]([CH2]CCC)([CH2]CCC)/[C](CO)=C(\C)c1ccccc1. The number of aliphatic hydroxyl groups is 1. The van der Waals surface area contributed by atoms with Crippen LogP contribution in [0.5, 0.6) is 0 Å². The first-order chi connectivity index (χ1) is 11.6.